The van der Waals surface area contributed by atoms with Crippen molar-refractivity contribution in [1.82, 2.24) is 10.2 Å². The summed E-state index contributed by atoms with van der Waals surface area (Å²) in [5, 5.41) is 24.9. The lowest BCUT2D eigenvalue weighted by molar-refractivity contribution is -0.106. The number of carbonyl (C=O) groups is 1. The van der Waals surface area contributed by atoms with Crippen molar-refractivity contribution in [3.63, 3.8) is 0 Å². The van der Waals surface area contributed by atoms with E-state index in [0.29, 0.717) is 11.3 Å². The van der Waals surface area contributed by atoms with Crippen LogP contribution < -0.4 is 9.88 Å². The molecule has 0 amide bonds. The van der Waals surface area contributed by atoms with Gasteiger partial charge in [-0.1, -0.05) is 62.3 Å². The Bertz CT molecular complexity index is 1090. The number of rotatable bonds is 5. The van der Waals surface area contributed by atoms with Gasteiger partial charge in [0.1, 0.15) is 28.1 Å². The van der Waals surface area contributed by atoms with Crippen LogP contribution in [0.1, 0.15) is 64.7 Å². The smallest absolute Gasteiger partial charge is 0.148 e. The van der Waals surface area contributed by atoms with Gasteiger partial charge < -0.3 is 9.53 Å². The van der Waals surface area contributed by atoms with E-state index < -0.39 is 0 Å². The third-order valence-electron chi connectivity index (χ3n) is 4.68. The molecule has 6 nitrogen and oxygen atoms in total. The molecule has 0 unspecified atom stereocenters. The average molecular weight is 513 g/mol. The summed E-state index contributed by atoms with van der Waals surface area (Å²) >= 11 is 2.93. The predicted molar refractivity (Wildman–Crippen MR) is 149 cm³/mol. The van der Waals surface area contributed by atoms with E-state index in [9.17, 15) is 5.26 Å². The zero-order valence-corrected chi connectivity index (χ0v) is 23.1. The maximum absolute atomic E-state index is 9.43. The summed E-state index contributed by atoms with van der Waals surface area (Å²) in [5.41, 5.74) is 5.46. The van der Waals surface area contributed by atoms with E-state index in [-0.39, 0.29) is 6.10 Å². The Labute approximate surface area is 218 Å². The molecule has 1 aromatic heterocycles. The Morgan fingerprint density at radius 2 is 1.86 bits per heavy atom. The first-order valence-corrected chi connectivity index (χ1v) is 13.7. The second-order valence-electron chi connectivity index (χ2n) is 7.39. The topological polar surface area (TPSA) is 102 Å². The van der Waals surface area contributed by atoms with Crippen molar-refractivity contribution in [2.75, 3.05) is 5.75 Å². The van der Waals surface area contributed by atoms with Crippen molar-refractivity contribution in [3.8, 4) is 33.0 Å². The molecule has 2 N–H and O–H groups in total. The fourth-order valence-corrected chi connectivity index (χ4v) is 4.27. The van der Waals surface area contributed by atoms with E-state index in [1.165, 1.54) is 42.0 Å². The number of hydrogen-bond acceptors (Lipinski definition) is 8. The molecule has 35 heavy (non-hydrogen) atoms. The normalized spacial score (nSPS) is 10.9. The number of aromatic nitrogens is 2. The fraction of sp³-hybridized carbons (Fsp3) is 0.407. The van der Waals surface area contributed by atoms with Crippen LogP contribution in [0.25, 0.3) is 21.1 Å². The second kappa shape index (κ2) is 16.8. The number of aldehydes is 1. The highest BCUT2D eigenvalue weighted by Crippen LogP contribution is 2.37. The van der Waals surface area contributed by atoms with Crippen LogP contribution in [-0.4, -0.2) is 28.3 Å². The zero-order chi connectivity index (χ0) is 26.2. The van der Waals surface area contributed by atoms with E-state index in [1.54, 1.807) is 11.3 Å². The molecule has 0 spiro atoms. The molecule has 0 saturated heterocycles. The van der Waals surface area contributed by atoms with E-state index in [1.807, 2.05) is 52.8 Å². The Morgan fingerprint density at radius 1 is 1.20 bits per heavy atom. The Morgan fingerprint density at radius 3 is 2.46 bits per heavy atom. The molecule has 8 heteroatoms. The summed E-state index contributed by atoms with van der Waals surface area (Å²) in [4.78, 5) is 8.81. The lowest BCUT2D eigenvalue weighted by atomic mass is 10.0. The van der Waals surface area contributed by atoms with Crippen LogP contribution in [0.4, 0.5) is 0 Å². The van der Waals surface area contributed by atoms with E-state index in [2.05, 4.69) is 34.5 Å². The molecule has 3 aromatic rings. The van der Waals surface area contributed by atoms with Crippen LogP contribution >= 0.6 is 23.3 Å². The summed E-state index contributed by atoms with van der Waals surface area (Å²) in [7, 11) is 0. The summed E-state index contributed by atoms with van der Waals surface area (Å²) in [6.45, 7) is 11.4. The minimum atomic E-state index is 0.0289. The summed E-state index contributed by atoms with van der Waals surface area (Å²) in [6, 6.07) is 14.3. The summed E-state index contributed by atoms with van der Waals surface area (Å²) in [5.74, 6) is 1.62. The van der Waals surface area contributed by atoms with Crippen molar-refractivity contribution in [3.05, 3.63) is 53.1 Å². The standard InChI is InChI=1S/C21H19N3OS.C2H7NS.C2H4O.C2H6/c1-13(2)25-19-10-9-15(11-16(19)12-22)20-23-24-21(26-20)18-8-4-6-14-5-3-7-17(14)18;1-2-4-3;1-2-3;1-2/h4,6,8-11,13H,3,5,7H2,1-2H3;2-3H2,1H3;2H,1H3;1-2H3. The largest absolute Gasteiger partial charge is 0.490 e. The van der Waals surface area contributed by atoms with Crippen molar-refractivity contribution >= 4 is 29.6 Å². The van der Waals surface area contributed by atoms with Crippen LogP contribution in [-0.2, 0) is 17.6 Å². The van der Waals surface area contributed by atoms with Gasteiger partial charge in [-0.05, 0) is 69.4 Å². The van der Waals surface area contributed by atoms with Gasteiger partial charge in [0.05, 0.1) is 11.7 Å². The van der Waals surface area contributed by atoms with Crippen LogP contribution in [0, 0.1) is 11.3 Å². The van der Waals surface area contributed by atoms with Gasteiger partial charge in [-0.25, -0.2) is 0 Å². The van der Waals surface area contributed by atoms with E-state index in [0.717, 1.165) is 40.5 Å². The quantitative estimate of drug-likeness (QED) is 0.294. The third kappa shape index (κ3) is 9.10. The number of nitriles is 1. The van der Waals surface area contributed by atoms with E-state index >= 15 is 0 Å². The predicted octanol–water partition coefficient (Wildman–Crippen LogP) is 6.86. The highest BCUT2D eigenvalue weighted by molar-refractivity contribution is 7.97. The summed E-state index contributed by atoms with van der Waals surface area (Å²) < 4.78 is 5.70. The van der Waals surface area contributed by atoms with Crippen LogP contribution in [0.2, 0.25) is 0 Å². The molecule has 2 aromatic carbocycles. The monoisotopic (exact) mass is 512 g/mol. The first-order chi connectivity index (χ1) is 17.0. The molecule has 0 saturated carbocycles. The van der Waals surface area contributed by atoms with Gasteiger partial charge in [-0.15, -0.1) is 10.2 Å². The lowest BCUT2D eigenvalue weighted by Crippen LogP contribution is -2.06. The van der Waals surface area contributed by atoms with Crippen molar-refractivity contribution in [1.29, 1.82) is 5.26 Å². The van der Waals surface area contributed by atoms with Gasteiger partial charge in [0.15, 0.2) is 0 Å². The number of carbonyl (C=O) groups excluding carboxylic acids is 1. The van der Waals surface area contributed by atoms with Crippen LogP contribution in [0.5, 0.6) is 5.75 Å². The number of hydrogen-bond donors (Lipinski definition) is 1. The minimum Gasteiger partial charge on any atom is -0.490 e. The highest BCUT2D eigenvalue weighted by atomic mass is 32.2. The Hall–Kier alpha value is -2.73. The first-order valence-electron chi connectivity index (χ1n) is 11.9. The minimum absolute atomic E-state index is 0.0289. The molecule has 0 bridgehead atoms. The average Bonchev–Trinajstić information content (AvgIpc) is 3.56. The van der Waals surface area contributed by atoms with Crippen LogP contribution in [0.15, 0.2) is 36.4 Å². The molecule has 1 aliphatic rings. The Kier molecular flexibility index (Phi) is 14.6. The van der Waals surface area contributed by atoms with Gasteiger partial charge in [0.2, 0.25) is 0 Å². The van der Waals surface area contributed by atoms with Gasteiger partial charge in [-0.3, -0.25) is 5.14 Å². The maximum atomic E-state index is 9.43. The first kappa shape index (κ1) is 30.3. The number of ether oxygens (including phenoxy) is 1. The Balaban J connectivity index is 0.000000597. The number of nitrogens with two attached hydrogens (primary N) is 1. The van der Waals surface area contributed by atoms with Gasteiger partial charge in [-0.2, -0.15) is 5.26 Å². The van der Waals surface area contributed by atoms with Crippen molar-refractivity contribution < 1.29 is 9.53 Å². The molecule has 1 heterocycles. The third-order valence-corrected chi connectivity index (χ3v) is 6.02. The molecular weight excluding hydrogens is 476 g/mol. The second-order valence-corrected chi connectivity index (χ2v) is 9.28. The molecule has 0 fully saturated rings. The lowest BCUT2D eigenvalue weighted by Gasteiger charge is -2.11. The number of aryl methyl sites for hydroxylation is 1. The van der Waals surface area contributed by atoms with E-state index in [4.69, 9.17) is 14.7 Å². The van der Waals surface area contributed by atoms with Crippen molar-refractivity contribution in [2.45, 2.75) is 66.9 Å². The molecule has 0 radical (unpaired) electrons. The number of fused-ring (bicyclic) bond motifs is 1. The van der Waals surface area contributed by atoms with Gasteiger partial charge in [0.25, 0.3) is 0 Å². The highest BCUT2D eigenvalue weighted by Gasteiger charge is 2.18. The molecule has 4 rings (SSSR count). The fourth-order valence-electron chi connectivity index (χ4n) is 3.38. The van der Waals surface area contributed by atoms with Gasteiger partial charge >= 0.3 is 0 Å². The number of benzene rings is 2. The molecule has 0 aliphatic heterocycles. The maximum Gasteiger partial charge on any atom is 0.148 e. The van der Waals surface area contributed by atoms with Crippen LogP contribution in [0.3, 0.4) is 0 Å². The summed E-state index contributed by atoms with van der Waals surface area (Å²) in [6.07, 6.45) is 4.25. The number of nitrogens with zero attached hydrogens (tertiary/aromatic N) is 3. The molecule has 0 atom stereocenters. The van der Waals surface area contributed by atoms with Gasteiger partial charge in [0, 0.05) is 16.9 Å². The zero-order valence-electron chi connectivity index (χ0n) is 21.5. The molecule has 1 aliphatic carbocycles. The van der Waals surface area contributed by atoms with Crippen molar-refractivity contribution in [2.24, 2.45) is 5.14 Å². The molecule has 188 valence electrons. The SMILES string of the molecule is CC.CC(C)Oc1ccc(-c2nnc(-c3cccc4c3CCC4)s2)cc1C#N.CC=O.CCSN. The molecular formula is C27H36N4O2S2.